The molecule has 0 atom stereocenters. The molecule has 0 spiro atoms. The zero-order valence-corrected chi connectivity index (χ0v) is 7.67. The topological polar surface area (TPSA) is 26.0 Å². The van der Waals surface area contributed by atoms with Gasteiger partial charge in [-0.2, -0.15) is 0 Å². The van der Waals surface area contributed by atoms with Gasteiger partial charge in [0, 0.05) is 0 Å². The summed E-state index contributed by atoms with van der Waals surface area (Å²) in [7, 11) is 0. The Morgan fingerprint density at radius 3 is 1.67 bits per heavy atom. The van der Waals surface area contributed by atoms with Crippen LogP contribution in [0.25, 0.3) is 0 Å². The zero-order valence-electron chi connectivity index (χ0n) is 4.70. The predicted octanol–water partition coefficient (Wildman–Crippen LogP) is 1.35. The van der Waals surface area contributed by atoms with E-state index in [0.29, 0.717) is 0 Å². The minimum absolute atomic E-state index is 1.21. The number of hydrogen-bond acceptors (Lipinski definition) is 1. The van der Waals surface area contributed by atoms with Gasteiger partial charge in [0.05, 0.1) is 0 Å². The SMILES string of the molecule is C[CH2][Zn]([NH2])[CH2]C. The van der Waals surface area contributed by atoms with Crippen molar-refractivity contribution in [1.82, 2.24) is 0 Å². The molecule has 0 amide bonds. The van der Waals surface area contributed by atoms with Crippen LogP contribution in [0.4, 0.5) is 0 Å². The van der Waals surface area contributed by atoms with E-state index in [-0.39, 0.29) is 0 Å². The molecule has 0 unspecified atom stereocenters. The second-order valence-corrected chi connectivity index (χ2v) is 10.0. The van der Waals surface area contributed by atoms with Crippen LogP contribution in [0.15, 0.2) is 0 Å². The Morgan fingerprint density at radius 2 is 1.67 bits per heavy atom. The van der Waals surface area contributed by atoms with Crippen molar-refractivity contribution in [2.45, 2.75) is 23.9 Å². The summed E-state index contributed by atoms with van der Waals surface area (Å²) in [5, 5.41) is 2.63. The molecule has 0 heterocycles. The van der Waals surface area contributed by atoms with Crippen molar-refractivity contribution in [1.29, 1.82) is 0 Å². The second kappa shape index (κ2) is 3.76. The number of nitrogens with two attached hydrogens (primary N) is 1. The Balaban J connectivity index is 2.75. The van der Waals surface area contributed by atoms with Crippen LogP contribution in [-0.4, -0.2) is 0 Å². The van der Waals surface area contributed by atoms with Crippen LogP contribution >= 0.6 is 0 Å². The van der Waals surface area contributed by atoms with Crippen LogP contribution in [0.2, 0.25) is 10.0 Å². The van der Waals surface area contributed by atoms with E-state index in [4.69, 9.17) is 4.48 Å². The molecule has 0 aliphatic rings. The van der Waals surface area contributed by atoms with Gasteiger partial charge in [-0.15, -0.1) is 0 Å². The Labute approximate surface area is 45.1 Å². The van der Waals surface area contributed by atoms with E-state index in [2.05, 4.69) is 13.8 Å². The van der Waals surface area contributed by atoms with Gasteiger partial charge < -0.3 is 0 Å². The number of hydrogen-bond donors (Lipinski definition) is 1. The Hall–Kier alpha value is 0.583. The average molecular weight is 140 g/mol. The molecule has 0 aromatic carbocycles. The van der Waals surface area contributed by atoms with Crippen molar-refractivity contribution < 1.29 is 16.2 Å². The minimum atomic E-state index is -1.21. The van der Waals surface area contributed by atoms with Crippen molar-refractivity contribution >= 4 is 0 Å². The van der Waals surface area contributed by atoms with Gasteiger partial charge in [-0.05, 0) is 0 Å². The molecule has 35 valence electrons. The summed E-state index contributed by atoms with van der Waals surface area (Å²) in [6.45, 7) is 4.40. The summed E-state index contributed by atoms with van der Waals surface area (Å²) < 4.78 is 5.68. The van der Waals surface area contributed by atoms with Crippen LogP contribution in [0.3, 0.4) is 0 Å². The molecule has 0 aliphatic carbocycles. The van der Waals surface area contributed by atoms with Crippen LogP contribution in [0.1, 0.15) is 13.8 Å². The summed E-state index contributed by atoms with van der Waals surface area (Å²) in [4.78, 5) is 0. The number of rotatable bonds is 2. The van der Waals surface area contributed by atoms with Crippen LogP contribution in [0.5, 0.6) is 0 Å². The summed E-state index contributed by atoms with van der Waals surface area (Å²) in [6, 6.07) is 0. The van der Waals surface area contributed by atoms with Crippen molar-refractivity contribution in [2.24, 2.45) is 4.48 Å². The van der Waals surface area contributed by atoms with E-state index >= 15 is 0 Å². The predicted molar refractivity (Wildman–Crippen MR) is 25.1 cm³/mol. The van der Waals surface area contributed by atoms with Gasteiger partial charge in [0.25, 0.3) is 0 Å². The first kappa shape index (κ1) is 6.58. The van der Waals surface area contributed by atoms with Crippen LogP contribution < -0.4 is 4.48 Å². The zero-order chi connectivity index (χ0) is 4.99. The molecule has 0 radical (unpaired) electrons. The van der Waals surface area contributed by atoms with Gasteiger partial charge in [-0.25, -0.2) is 0 Å². The fourth-order valence-electron chi connectivity index (χ4n) is 0.354. The standard InChI is InChI=1S/2C2H5.H2N.Zn/c2*1-2;;/h2*1H2,2H3;1H2;/q;;-1;+1. The molecule has 0 aromatic heterocycles. The average Bonchev–Trinajstić information content (AvgIpc) is 1.65. The van der Waals surface area contributed by atoms with E-state index < -0.39 is 16.2 Å². The van der Waals surface area contributed by atoms with E-state index in [1.165, 1.54) is 10.0 Å². The Morgan fingerprint density at radius 1 is 1.33 bits per heavy atom. The first-order valence-electron chi connectivity index (χ1n) is 2.82. The molecule has 0 fully saturated rings. The first-order valence-corrected chi connectivity index (χ1v) is 8.73. The summed E-state index contributed by atoms with van der Waals surface area (Å²) in [5.41, 5.74) is 0. The van der Waals surface area contributed by atoms with Crippen LogP contribution in [-0.2, 0) is 16.2 Å². The third kappa shape index (κ3) is 2.80. The van der Waals surface area contributed by atoms with Crippen molar-refractivity contribution in [3.05, 3.63) is 0 Å². The third-order valence-corrected chi connectivity index (χ3v) is 6.67. The molecule has 0 aromatic rings. The van der Waals surface area contributed by atoms with E-state index in [0.717, 1.165) is 0 Å². The van der Waals surface area contributed by atoms with E-state index in [9.17, 15) is 0 Å². The molecule has 6 heavy (non-hydrogen) atoms. The first-order chi connectivity index (χ1) is 2.81. The van der Waals surface area contributed by atoms with Gasteiger partial charge in [-0.1, -0.05) is 0 Å². The van der Waals surface area contributed by atoms with Gasteiger partial charge in [0.1, 0.15) is 0 Å². The molecular weight excluding hydrogens is 127 g/mol. The fraction of sp³-hybridized carbons (Fsp3) is 1.00. The molecule has 0 saturated heterocycles. The molecule has 0 aliphatic heterocycles. The molecule has 0 bridgehead atoms. The Bertz CT molecular complexity index is 26.7. The van der Waals surface area contributed by atoms with Gasteiger partial charge in [-0.3, -0.25) is 0 Å². The monoisotopic (exact) mass is 138 g/mol. The molecule has 0 saturated carbocycles. The van der Waals surface area contributed by atoms with Crippen molar-refractivity contribution in [2.75, 3.05) is 0 Å². The van der Waals surface area contributed by atoms with Gasteiger partial charge in [0.2, 0.25) is 0 Å². The maximum atomic E-state index is 5.68. The molecular formula is C4H12NZn. The normalized spacial score (nSPS) is 8.50. The molecule has 2 N–H and O–H groups in total. The molecule has 1 nitrogen and oxygen atoms in total. The maximum absolute atomic E-state index is 5.68. The van der Waals surface area contributed by atoms with Crippen molar-refractivity contribution in [3.63, 3.8) is 0 Å². The molecule has 0 rings (SSSR count). The van der Waals surface area contributed by atoms with Gasteiger partial charge in [0.15, 0.2) is 0 Å². The fourth-order valence-corrected chi connectivity index (χ4v) is 1.84. The molecule has 2 heteroatoms. The van der Waals surface area contributed by atoms with Crippen molar-refractivity contribution in [3.8, 4) is 0 Å². The summed E-state index contributed by atoms with van der Waals surface area (Å²) in [5.74, 6) is 0. The summed E-state index contributed by atoms with van der Waals surface area (Å²) >= 11 is -1.21. The quantitative estimate of drug-likeness (QED) is 0.575. The van der Waals surface area contributed by atoms with Crippen LogP contribution in [0, 0.1) is 0 Å². The summed E-state index contributed by atoms with van der Waals surface area (Å²) in [6.07, 6.45) is 0. The van der Waals surface area contributed by atoms with Gasteiger partial charge >= 0.3 is 44.5 Å². The van der Waals surface area contributed by atoms with E-state index in [1.54, 1.807) is 0 Å². The third-order valence-electron chi connectivity index (χ3n) is 1.28. The Kier molecular flexibility index (Phi) is 4.13. The second-order valence-electron chi connectivity index (χ2n) is 1.93. The van der Waals surface area contributed by atoms with E-state index in [1.807, 2.05) is 0 Å².